The summed E-state index contributed by atoms with van der Waals surface area (Å²) < 4.78 is 0. The molecule has 2 saturated heterocycles. The van der Waals surface area contributed by atoms with E-state index in [0.29, 0.717) is 10.3 Å². The van der Waals surface area contributed by atoms with Crippen LogP contribution < -0.4 is 10.6 Å². The molecule has 2 fully saturated rings. The molecule has 0 aliphatic carbocycles. The van der Waals surface area contributed by atoms with E-state index >= 15 is 0 Å². The lowest BCUT2D eigenvalue weighted by Crippen LogP contribution is -2.39. The Balaban J connectivity index is 1.76. The first kappa shape index (κ1) is 31.2. The van der Waals surface area contributed by atoms with Gasteiger partial charge in [0.1, 0.15) is 0 Å². The molecule has 0 aromatic heterocycles. The van der Waals surface area contributed by atoms with Crippen molar-refractivity contribution in [2.24, 2.45) is 0 Å². The summed E-state index contributed by atoms with van der Waals surface area (Å²) >= 11 is 0. The van der Waals surface area contributed by atoms with Gasteiger partial charge < -0.3 is 10.6 Å². The van der Waals surface area contributed by atoms with E-state index in [0.717, 1.165) is 11.3 Å². The van der Waals surface area contributed by atoms with Gasteiger partial charge in [0.25, 0.3) is 0 Å². The molecule has 0 bridgehead atoms. The van der Waals surface area contributed by atoms with Gasteiger partial charge in [-0.1, -0.05) is 120 Å². The molecule has 4 heteroatoms. The molecule has 2 aromatic carbocycles. The normalized spacial score (nSPS) is 22.2. The standard InChI is InChI=1S/C35H56N2P2/c1-33(2,3)39(34(4,5)6)26-27-18-19-30(35(7,8)29-14-10-9-11-15-29)22-28(27)25-38(31-16-12-20-36-23-31)32-17-13-21-37-24-32/h9-11,14-15,18-19,22,31-32,36-37H,12-13,16-17,20-21,23-26H2,1-8H3. The minimum atomic E-state index is -0.188. The molecule has 2 aromatic rings. The Hall–Kier alpha value is -0.780. The van der Waals surface area contributed by atoms with Crippen LogP contribution in [0.2, 0.25) is 0 Å². The minimum Gasteiger partial charge on any atom is -0.316 e. The fraction of sp³-hybridized carbons (Fsp3) is 0.657. The highest BCUT2D eigenvalue weighted by atomic mass is 31.1. The third-order valence-electron chi connectivity index (χ3n) is 9.20. The molecule has 0 saturated carbocycles. The molecular formula is C35H56N2P2. The van der Waals surface area contributed by atoms with Crippen LogP contribution in [0.15, 0.2) is 48.5 Å². The highest BCUT2D eigenvalue weighted by Gasteiger charge is 2.36. The molecule has 0 radical (unpaired) electrons. The number of hydrogen-bond donors (Lipinski definition) is 2. The maximum atomic E-state index is 3.78. The summed E-state index contributed by atoms with van der Waals surface area (Å²) in [6, 6.07) is 18.8. The van der Waals surface area contributed by atoms with Gasteiger partial charge in [-0.3, -0.25) is 0 Å². The van der Waals surface area contributed by atoms with E-state index < -0.39 is 0 Å². The summed E-state index contributed by atoms with van der Waals surface area (Å²) in [6.07, 6.45) is 8.04. The van der Waals surface area contributed by atoms with Crippen molar-refractivity contribution in [2.45, 2.75) is 120 Å². The van der Waals surface area contributed by atoms with Gasteiger partial charge in [-0.15, -0.1) is 0 Å². The fourth-order valence-corrected chi connectivity index (χ4v) is 14.1. The Labute approximate surface area is 243 Å². The van der Waals surface area contributed by atoms with Crippen molar-refractivity contribution in [2.75, 3.05) is 26.2 Å². The molecule has 2 nitrogen and oxygen atoms in total. The molecule has 2 heterocycles. The van der Waals surface area contributed by atoms with E-state index in [2.05, 4.69) is 115 Å². The third kappa shape index (κ3) is 7.95. The largest absolute Gasteiger partial charge is 0.316 e. The van der Waals surface area contributed by atoms with Crippen LogP contribution in [-0.2, 0) is 17.7 Å². The molecule has 4 rings (SSSR count). The topological polar surface area (TPSA) is 24.1 Å². The number of hydrogen-bond acceptors (Lipinski definition) is 2. The van der Waals surface area contributed by atoms with Gasteiger partial charge in [-0.2, -0.15) is 0 Å². The van der Waals surface area contributed by atoms with Crippen LogP contribution in [0.4, 0.5) is 0 Å². The van der Waals surface area contributed by atoms with Crippen LogP contribution in [0, 0.1) is 0 Å². The summed E-state index contributed by atoms with van der Waals surface area (Å²) in [7, 11) is -0.279. The van der Waals surface area contributed by atoms with Gasteiger partial charge in [0, 0.05) is 18.5 Å². The lowest BCUT2D eigenvalue weighted by atomic mass is 9.77. The SMILES string of the molecule is CC(C)(c1ccccc1)c1ccc(CP(C(C)(C)C)C(C)(C)C)c(CP(C2CCCNC2)C2CCCNC2)c1. The Morgan fingerprint density at radius 3 is 1.72 bits per heavy atom. The van der Waals surface area contributed by atoms with Gasteiger partial charge in [-0.05, 0) is 95.0 Å². The predicted octanol–water partition coefficient (Wildman–Crippen LogP) is 9.08. The van der Waals surface area contributed by atoms with Gasteiger partial charge in [0.2, 0.25) is 0 Å². The molecule has 0 spiro atoms. The zero-order valence-corrected chi connectivity index (χ0v) is 28.0. The number of rotatable bonds is 8. The Morgan fingerprint density at radius 1 is 0.667 bits per heavy atom. The second kappa shape index (κ2) is 13.0. The van der Waals surface area contributed by atoms with Crippen LogP contribution in [0.1, 0.15) is 103 Å². The van der Waals surface area contributed by atoms with Gasteiger partial charge in [-0.25, -0.2) is 0 Å². The Kier molecular flexibility index (Phi) is 10.4. The van der Waals surface area contributed by atoms with E-state index in [1.807, 2.05) is 0 Å². The quantitative estimate of drug-likeness (QED) is 0.312. The number of piperidine rings is 2. The first-order chi connectivity index (χ1) is 18.4. The summed E-state index contributed by atoms with van der Waals surface area (Å²) in [5, 5.41) is 8.23. The zero-order chi connectivity index (χ0) is 28.3. The van der Waals surface area contributed by atoms with Crippen LogP contribution in [0.3, 0.4) is 0 Å². The highest BCUT2D eigenvalue weighted by Crippen LogP contribution is 2.62. The molecule has 39 heavy (non-hydrogen) atoms. The molecule has 2 atom stereocenters. The number of benzene rings is 2. The van der Waals surface area contributed by atoms with Crippen molar-refractivity contribution >= 4 is 15.8 Å². The first-order valence-electron chi connectivity index (χ1n) is 15.5. The van der Waals surface area contributed by atoms with E-state index in [9.17, 15) is 0 Å². The molecule has 2 N–H and O–H groups in total. The van der Waals surface area contributed by atoms with Crippen molar-refractivity contribution in [3.05, 3.63) is 70.8 Å². The van der Waals surface area contributed by atoms with Gasteiger partial charge in [0.05, 0.1) is 0 Å². The van der Waals surface area contributed by atoms with Crippen molar-refractivity contribution in [1.82, 2.24) is 10.6 Å². The average molecular weight is 567 g/mol. The monoisotopic (exact) mass is 566 g/mol. The van der Waals surface area contributed by atoms with E-state index in [1.54, 1.807) is 11.1 Å². The Morgan fingerprint density at radius 2 is 1.23 bits per heavy atom. The van der Waals surface area contributed by atoms with Gasteiger partial charge >= 0.3 is 0 Å². The van der Waals surface area contributed by atoms with E-state index in [-0.39, 0.29) is 21.3 Å². The smallest absolute Gasteiger partial charge is 0.0146 e. The molecule has 2 aliphatic heterocycles. The van der Waals surface area contributed by atoms with Crippen LogP contribution in [-0.4, -0.2) is 47.8 Å². The summed E-state index contributed by atoms with van der Waals surface area (Å²) in [4.78, 5) is 0. The average Bonchev–Trinajstić information content (AvgIpc) is 2.91. The van der Waals surface area contributed by atoms with Crippen LogP contribution in [0.25, 0.3) is 0 Å². The molecule has 2 unspecified atom stereocenters. The highest BCUT2D eigenvalue weighted by molar-refractivity contribution is 7.60. The second-order valence-electron chi connectivity index (χ2n) is 14.6. The summed E-state index contributed by atoms with van der Waals surface area (Å²) in [5.74, 6) is 0. The molecule has 2 aliphatic rings. The van der Waals surface area contributed by atoms with Crippen LogP contribution >= 0.6 is 15.8 Å². The summed E-state index contributed by atoms with van der Waals surface area (Å²) in [5.41, 5.74) is 7.88. The lowest BCUT2D eigenvalue weighted by molar-refractivity contribution is 0.500. The van der Waals surface area contributed by atoms with Crippen molar-refractivity contribution in [3.8, 4) is 0 Å². The fourth-order valence-electron chi connectivity index (χ4n) is 6.97. The van der Waals surface area contributed by atoms with Crippen molar-refractivity contribution in [3.63, 3.8) is 0 Å². The van der Waals surface area contributed by atoms with Crippen molar-refractivity contribution in [1.29, 1.82) is 0 Å². The maximum absolute atomic E-state index is 3.78. The van der Waals surface area contributed by atoms with Gasteiger partial charge in [0.15, 0.2) is 0 Å². The third-order valence-corrected chi connectivity index (χ3v) is 16.6. The molecule has 216 valence electrons. The van der Waals surface area contributed by atoms with E-state index in [1.165, 1.54) is 75.3 Å². The van der Waals surface area contributed by atoms with Crippen molar-refractivity contribution < 1.29 is 0 Å². The zero-order valence-electron chi connectivity index (χ0n) is 26.2. The molecular weight excluding hydrogens is 510 g/mol. The summed E-state index contributed by atoms with van der Waals surface area (Å²) in [6.45, 7) is 24.5. The second-order valence-corrected chi connectivity index (χ2v) is 21.2. The minimum absolute atomic E-state index is 0.00509. The van der Waals surface area contributed by atoms with E-state index in [4.69, 9.17) is 0 Å². The predicted molar refractivity (Wildman–Crippen MR) is 178 cm³/mol. The molecule has 0 amide bonds. The Bertz CT molecular complexity index is 1010. The first-order valence-corrected chi connectivity index (χ1v) is 18.7. The lowest BCUT2D eigenvalue weighted by Gasteiger charge is -2.43. The van der Waals surface area contributed by atoms with Crippen LogP contribution in [0.5, 0.6) is 0 Å². The number of nitrogens with one attached hydrogen (secondary N) is 2. The maximum Gasteiger partial charge on any atom is 0.0146 e.